The molecule has 0 saturated heterocycles. The number of rotatable bonds is 1. The van der Waals surface area contributed by atoms with Crippen LogP contribution in [0.1, 0.15) is 0 Å². The highest BCUT2D eigenvalue weighted by atomic mass is 15.3. The van der Waals surface area contributed by atoms with Crippen LogP contribution in [-0.4, -0.2) is 30.8 Å². The van der Waals surface area contributed by atoms with Gasteiger partial charge in [-0.25, -0.2) is 0 Å². The van der Waals surface area contributed by atoms with E-state index in [2.05, 4.69) is 49.0 Å². The molecule has 0 spiro atoms. The molecule has 0 radical (unpaired) electrons. The molecule has 5 aromatic rings. The van der Waals surface area contributed by atoms with Gasteiger partial charge in [-0.05, 0) is 23.8 Å². The fourth-order valence-electron chi connectivity index (χ4n) is 2.50. The molecule has 0 fully saturated rings. The van der Waals surface area contributed by atoms with Crippen LogP contribution >= 0.6 is 0 Å². The van der Waals surface area contributed by atoms with Gasteiger partial charge in [0.2, 0.25) is 0 Å². The van der Waals surface area contributed by atoms with Crippen molar-refractivity contribution in [2.24, 2.45) is 0 Å². The summed E-state index contributed by atoms with van der Waals surface area (Å²) in [4.78, 5) is 0. The van der Waals surface area contributed by atoms with E-state index >= 15 is 0 Å². The summed E-state index contributed by atoms with van der Waals surface area (Å²) < 4.78 is 0. The highest BCUT2D eigenvalue weighted by Crippen LogP contribution is 2.25. The molecular formula is C18H14N6. The van der Waals surface area contributed by atoms with Crippen LogP contribution in [0.3, 0.4) is 0 Å². The van der Waals surface area contributed by atoms with Gasteiger partial charge in [-0.3, -0.25) is 0 Å². The summed E-state index contributed by atoms with van der Waals surface area (Å²) in [5.74, 6) is 0. The average Bonchev–Trinajstić information content (AvgIpc) is 3.31. The van der Waals surface area contributed by atoms with Crippen LogP contribution in [-0.2, 0) is 0 Å². The minimum absolute atomic E-state index is 0.899. The molecule has 3 aromatic carbocycles. The van der Waals surface area contributed by atoms with Gasteiger partial charge in [-0.2, -0.15) is 30.8 Å². The monoisotopic (exact) mass is 314 g/mol. The molecule has 0 bridgehead atoms. The van der Waals surface area contributed by atoms with Crippen molar-refractivity contribution in [1.29, 1.82) is 0 Å². The van der Waals surface area contributed by atoms with Gasteiger partial charge in [0.05, 0.1) is 0 Å². The summed E-state index contributed by atoms with van der Waals surface area (Å²) in [5, 5.41) is 21.2. The maximum Gasteiger partial charge on any atom is 0.120 e. The number of aromatic nitrogens is 6. The van der Waals surface area contributed by atoms with Gasteiger partial charge in [-0.1, -0.05) is 54.6 Å². The Labute approximate surface area is 137 Å². The summed E-state index contributed by atoms with van der Waals surface area (Å²) in [7, 11) is 0. The molecule has 0 aliphatic heterocycles. The van der Waals surface area contributed by atoms with Crippen molar-refractivity contribution in [1.82, 2.24) is 30.8 Å². The molecule has 0 atom stereocenters. The summed E-state index contributed by atoms with van der Waals surface area (Å²) >= 11 is 0. The first-order valence-corrected chi connectivity index (χ1v) is 7.52. The molecule has 6 nitrogen and oxygen atoms in total. The number of hydrogen-bond donors (Lipinski definition) is 2. The topological polar surface area (TPSA) is 83.1 Å². The SMILES string of the molecule is c1ccc(-c2cccc3n[nH]nc23)cc1.c1ccc2n[nH]nc2c1. The molecule has 116 valence electrons. The van der Waals surface area contributed by atoms with Crippen molar-refractivity contribution in [3.63, 3.8) is 0 Å². The van der Waals surface area contributed by atoms with Gasteiger partial charge in [-0.15, -0.1) is 0 Å². The van der Waals surface area contributed by atoms with Gasteiger partial charge in [0.25, 0.3) is 0 Å². The van der Waals surface area contributed by atoms with E-state index in [1.165, 1.54) is 0 Å². The van der Waals surface area contributed by atoms with Crippen molar-refractivity contribution < 1.29 is 0 Å². The average molecular weight is 314 g/mol. The quantitative estimate of drug-likeness (QED) is 0.495. The molecule has 0 amide bonds. The first kappa shape index (κ1) is 14.1. The van der Waals surface area contributed by atoms with Crippen molar-refractivity contribution in [3.05, 3.63) is 72.8 Å². The lowest BCUT2D eigenvalue weighted by Crippen LogP contribution is -1.79. The van der Waals surface area contributed by atoms with Crippen molar-refractivity contribution in [3.8, 4) is 11.1 Å². The lowest BCUT2D eigenvalue weighted by Gasteiger charge is -2.00. The van der Waals surface area contributed by atoms with E-state index in [1.807, 2.05) is 54.6 Å². The predicted molar refractivity (Wildman–Crippen MR) is 93.2 cm³/mol. The van der Waals surface area contributed by atoms with Gasteiger partial charge in [0.15, 0.2) is 0 Å². The van der Waals surface area contributed by atoms with Crippen LogP contribution in [0.2, 0.25) is 0 Å². The maximum absolute atomic E-state index is 4.16. The number of H-pyrrole nitrogens is 2. The van der Waals surface area contributed by atoms with E-state index in [0.29, 0.717) is 0 Å². The third kappa shape index (κ3) is 2.72. The van der Waals surface area contributed by atoms with Crippen molar-refractivity contribution in [2.45, 2.75) is 0 Å². The largest absolute Gasteiger partial charge is 0.197 e. The Balaban J connectivity index is 0.000000138. The third-order valence-electron chi connectivity index (χ3n) is 3.65. The Kier molecular flexibility index (Phi) is 3.69. The van der Waals surface area contributed by atoms with Crippen LogP contribution < -0.4 is 0 Å². The minimum Gasteiger partial charge on any atom is -0.197 e. The Bertz CT molecular complexity index is 1030. The second-order valence-corrected chi connectivity index (χ2v) is 5.18. The number of nitrogens with one attached hydrogen (secondary N) is 2. The summed E-state index contributed by atoms with van der Waals surface area (Å²) in [6, 6.07) is 23.9. The Morgan fingerprint density at radius 1 is 0.500 bits per heavy atom. The summed E-state index contributed by atoms with van der Waals surface area (Å²) in [6.45, 7) is 0. The van der Waals surface area contributed by atoms with Gasteiger partial charge in [0, 0.05) is 5.56 Å². The van der Waals surface area contributed by atoms with Crippen LogP contribution in [0.15, 0.2) is 72.8 Å². The Hall–Kier alpha value is -3.54. The Morgan fingerprint density at radius 3 is 1.83 bits per heavy atom. The summed E-state index contributed by atoms with van der Waals surface area (Å²) in [5.41, 5.74) is 5.92. The number of hydrogen-bond acceptors (Lipinski definition) is 4. The highest BCUT2D eigenvalue weighted by Gasteiger charge is 2.05. The standard InChI is InChI=1S/C12H9N3.C6H5N3/c1-2-5-9(6-3-1)10-7-4-8-11-12(10)14-15-13-11;1-2-4-6-5(3-1)7-9-8-6/h1-8H,(H,13,14,15);1-4H,(H,7,8,9). The normalized spacial score (nSPS) is 10.5. The zero-order chi connectivity index (χ0) is 16.2. The van der Waals surface area contributed by atoms with Crippen molar-refractivity contribution in [2.75, 3.05) is 0 Å². The van der Waals surface area contributed by atoms with Gasteiger partial charge >= 0.3 is 0 Å². The molecule has 2 aromatic heterocycles. The van der Waals surface area contributed by atoms with Crippen LogP contribution in [0.5, 0.6) is 0 Å². The molecule has 2 heterocycles. The zero-order valence-corrected chi connectivity index (χ0v) is 12.7. The smallest absolute Gasteiger partial charge is 0.120 e. The number of aromatic amines is 2. The van der Waals surface area contributed by atoms with E-state index in [9.17, 15) is 0 Å². The zero-order valence-electron chi connectivity index (χ0n) is 12.7. The van der Waals surface area contributed by atoms with Crippen LogP contribution in [0.25, 0.3) is 33.2 Å². The lowest BCUT2D eigenvalue weighted by molar-refractivity contribution is 0.959. The summed E-state index contributed by atoms with van der Waals surface area (Å²) in [6.07, 6.45) is 0. The molecule has 0 aliphatic carbocycles. The first-order valence-electron chi connectivity index (χ1n) is 7.52. The second-order valence-electron chi connectivity index (χ2n) is 5.18. The molecule has 6 heteroatoms. The second kappa shape index (κ2) is 6.29. The fourth-order valence-corrected chi connectivity index (χ4v) is 2.50. The minimum atomic E-state index is 0.899. The Morgan fingerprint density at radius 2 is 1.08 bits per heavy atom. The van der Waals surface area contributed by atoms with E-state index in [-0.39, 0.29) is 0 Å². The molecule has 2 N–H and O–H groups in total. The molecular weight excluding hydrogens is 300 g/mol. The lowest BCUT2D eigenvalue weighted by atomic mass is 10.0. The fraction of sp³-hybridized carbons (Fsp3) is 0. The first-order chi connectivity index (χ1) is 11.9. The maximum atomic E-state index is 4.16. The number of para-hydroxylation sites is 3. The number of fused-ring (bicyclic) bond motifs is 2. The van der Waals surface area contributed by atoms with E-state index in [0.717, 1.165) is 33.2 Å². The van der Waals surface area contributed by atoms with E-state index in [4.69, 9.17) is 0 Å². The molecule has 5 rings (SSSR count). The van der Waals surface area contributed by atoms with Gasteiger partial charge in [0.1, 0.15) is 22.1 Å². The van der Waals surface area contributed by atoms with Crippen LogP contribution in [0, 0.1) is 0 Å². The highest BCUT2D eigenvalue weighted by molar-refractivity contribution is 5.90. The van der Waals surface area contributed by atoms with E-state index < -0.39 is 0 Å². The molecule has 0 saturated carbocycles. The number of nitrogens with zero attached hydrogens (tertiary/aromatic N) is 4. The number of benzene rings is 3. The third-order valence-corrected chi connectivity index (χ3v) is 3.65. The van der Waals surface area contributed by atoms with E-state index in [1.54, 1.807) is 0 Å². The predicted octanol–water partition coefficient (Wildman–Crippen LogP) is 3.58. The van der Waals surface area contributed by atoms with Crippen molar-refractivity contribution >= 4 is 22.1 Å². The van der Waals surface area contributed by atoms with Gasteiger partial charge < -0.3 is 0 Å². The molecule has 0 unspecified atom stereocenters. The molecule has 24 heavy (non-hydrogen) atoms. The van der Waals surface area contributed by atoms with Crippen LogP contribution in [0.4, 0.5) is 0 Å². The molecule has 0 aliphatic rings.